The van der Waals surface area contributed by atoms with E-state index in [-0.39, 0.29) is 11.8 Å². The highest BCUT2D eigenvalue weighted by Crippen LogP contribution is 2.35. The van der Waals surface area contributed by atoms with Gasteiger partial charge in [-0.1, -0.05) is 13.8 Å². The molecule has 2 aliphatic rings. The molecule has 1 aliphatic carbocycles. The minimum absolute atomic E-state index is 0.218. The van der Waals surface area contributed by atoms with Crippen LogP contribution in [0, 0.1) is 17.2 Å². The summed E-state index contributed by atoms with van der Waals surface area (Å²) in [6.07, 6.45) is 1.84. The lowest BCUT2D eigenvalue weighted by molar-refractivity contribution is -0.123. The molecular formula is C27H33N5O3S. The van der Waals surface area contributed by atoms with Crippen LogP contribution in [0.5, 0.6) is 0 Å². The number of carbonyl (C=O) groups is 1. The van der Waals surface area contributed by atoms with E-state index in [0.717, 1.165) is 53.8 Å². The fourth-order valence-corrected chi connectivity index (χ4v) is 5.73. The Balaban J connectivity index is 1.39. The number of benzene rings is 2. The number of amides is 1. The normalized spacial score (nSPS) is 19.4. The van der Waals surface area contributed by atoms with E-state index in [0.29, 0.717) is 24.2 Å². The Labute approximate surface area is 214 Å². The van der Waals surface area contributed by atoms with Gasteiger partial charge in [0, 0.05) is 48.7 Å². The van der Waals surface area contributed by atoms with Crippen LogP contribution in [0.2, 0.25) is 0 Å². The molecule has 2 N–H and O–H groups in total. The molecule has 1 aliphatic heterocycles. The minimum atomic E-state index is -1.61. The number of furan rings is 1. The maximum atomic E-state index is 13.3. The number of nitrogens with one attached hydrogen (secondary N) is 2. The molecule has 2 heterocycles. The molecule has 1 unspecified atom stereocenters. The van der Waals surface area contributed by atoms with E-state index in [1.165, 1.54) is 0 Å². The molecule has 3 aromatic rings. The molecule has 2 fully saturated rings. The maximum absolute atomic E-state index is 13.3. The van der Waals surface area contributed by atoms with Gasteiger partial charge in [-0.25, -0.2) is 0 Å². The minimum Gasteiger partial charge on any atom is -0.593 e. The third-order valence-electron chi connectivity index (χ3n) is 7.11. The van der Waals surface area contributed by atoms with Crippen molar-refractivity contribution in [3.05, 3.63) is 36.4 Å². The summed E-state index contributed by atoms with van der Waals surface area (Å²) in [5.74, 6) is -0.0569. The first kappa shape index (κ1) is 24.9. The summed E-state index contributed by atoms with van der Waals surface area (Å²) < 4.78 is 22.4. The predicted molar refractivity (Wildman–Crippen MR) is 142 cm³/mol. The Morgan fingerprint density at radius 3 is 2.44 bits per heavy atom. The fraction of sp³-hybridized carbons (Fsp3) is 0.481. The Morgan fingerprint density at radius 2 is 1.81 bits per heavy atom. The number of carbonyl (C=O) groups excluding carboxylic acids is 1. The van der Waals surface area contributed by atoms with Crippen molar-refractivity contribution in [2.45, 2.75) is 49.6 Å². The molecule has 1 saturated carbocycles. The van der Waals surface area contributed by atoms with E-state index in [1.807, 2.05) is 32.0 Å². The van der Waals surface area contributed by atoms with Crippen LogP contribution in [0.4, 0.5) is 5.69 Å². The highest BCUT2D eigenvalue weighted by Gasteiger charge is 2.46. The van der Waals surface area contributed by atoms with Crippen LogP contribution in [0.15, 0.2) is 45.7 Å². The van der Waals surface area contributed by atoms with E-state index >= 15 is 0 Å². The summed E-state index contributed by atoms with van der Waals surface area (Å²) in [4.78, 5) is 18.2. The van der Waals surface area contributed by atoms with Crippen LogP contribution in [-0.4, -0.2) is 60.2 Å². The molecular weight excluding hydrogens is 474 g/mol. The zero-order valence-electron chi connectivity index (χ0n) is 21.0. The number of likely N-dealkylation sites (N-methyl/N-ethyl adjacent to an activating group) is 1. The second kappa shape index (κ2) is 9.94. The molecule has 190 valence electrons. The van der Waals surface area contributed by atoms with E-state index in [9.17, 15) is 14.6 Å². The van der Waals surface area contributed by atoms with Crippen LogP contribution >= 0.6 is 0 Å². The second-order valence-corrected chi connectivity index (χ2v) is 11.7. The SMILES string of the molecule is CC(C)C[C@H](N[S+]([O-])c1ccc2oc3ccc(N4CCN(C)CC4)cc3c2c1)C(=O)NC1(C#N)CC1. The molecule has 1 aromatic heterocycles. The number of hydrogen-bond donors (Lipinski definition) is 2. The standard InChI is InChI=1S/C27H33N5O3S/c1-18(2)14-23(26(33)29-27(17-28)8-9-27)30-36(34)20-5-7-25-22(16-20)21-15-19(4-6-24(21)35-25)32-12-10-31(3)11-13-32/h4-7,15-16,18,23,30H,8-14H2,1-3H3,(H,29,33)/t23-,36?/m0/s1. The quantitative estimate of drug-likeness (QED) is 0.449. The summed E-state index contributed by atoms with van der Waals surface area (Å²) in [5, 5.41) is 14.1. The third-order valence-corrected chi connectivity index (χ3v) is 8.29. The molecule has 5 rings (SSSR count). The topological polar surface area (TPSA) is 108 Å². The third kappa shape index (κ3) is 5.18. The van der Waals surface area contributed by atoms with E-state index < -0.39 is 22.9 Å². The highest BCUT2D eigenvalue weighted by atomic mass is 32.2. The molecule has 0 bridgehead atoms. The Morgan fingerprint density at radius 1 is 1.14 bits per heavy atom. The fourth-order valence-electron chi connectivity index (χ4n) is 4.71. The molecule has 2 aromatic carbocycles. The predicted octanol–water partition coefficient (Wildman–Crippen LogP) is 3.54. The van der Waals surface area contributed by atoms with Crippen molar-refractivity contribution in [1.82, 2.24) is 14.9 Å². The first-order valence-corrected chi connectivity index (χ1v) is 13.7. The number of rotatable bonds is 8. The lowest BCUT2D eigenvalue weighted by Crippen LogP contribution is -2.50. The van der Waals surface area contributed by atoms with E-state index in [2.05, 4.69) is 45.1 Å². The van der Waals surface area contributed by atoms with Crippen LogP contribution in [0.1, 0.15) is 33.1 Å². The van der Waals surface area contributed by atoms with Crippen molar-refractivity contribution in [2.24, 2.45) is 5.92 Å². The van der Waals surface area contributed by atoms with Gasteiger partial charge < -0.3 is 24.1 Å². The van der Waals surface area contributed by atoms with Gasteiger partial charge in [0.1, 0.15) is 22.7 Å². The van der Waals surface area contributed by atoms with Gasteiger partial charge in [-0.2, -0.15) is 5.26 Å². The van der Waals surface area contributed by atoms with Crippen LogP contribution in [0.25, 0.3) is 21.9 Å². The van der Waals surface area contributed by atoms with Gasteiger partial charge in [-0.05, 0) is 62.6 Å². The Kier molecular flexibility index (Phi) is 6.88. The van der Waals surface area contributed by atoms with Crippen molar-refractivity contribution in [1.29, 1.82) is 5.26 Å². The molecule has 1 saturated heterocycles. The van der Waals surface area contributed by atoms with Gasteiger partial charge in [0.05, 0.1) is 17.4 Å². The molecule has 36 heavy (non-hydrogen) atoms. The number of fused-ring (bicyclic) bond motifs is 3. The summed E-state index contributed by atoms with van der Waals surface area (Å²) in [6.45, 7) is 8.04. The molecule has 1 amide bonds. The average molecular weight is 508 g/mol. The largest absolute Gasteiger partial charge is 0.593 e. The second-order valence-electron chi connectivity index (χ2n) is 10.5. The van der Waals surface area contributed by atoms with Crippen molar-refractivity contribution < 1.29 is 13.8 Å². The van der Waals surface area contributed by atoms with Crippen LogP contribution in [-0.2, 0) is 16.2 Å². The van der Waals surface area contributed by atoms with Gasteiger partial charge in [-0.3, -0.25) is 4.79 Å². The molecule has 8 nitrogen and oxygen atoms in total. The smallest absolute Gasteiger partial charge is 0.242 e. The van der Waals surface area contributed by atoms with E-state index in [4.69, 9.17) is 4.42 Å². The number of piperazine rings is 1. The number of nitrogens with zero attached hydrogens (tertiary/aromatic N) is 3. The summed E-state index contributed by atoms with van der Waals surface area (Å²) in [6, 6.07) is 13.3. The summed E-state index contributed by atoms with van der Waals surface area (Å²) in [7, 11) is 2.14. The van der Waals surface area contributed by atoms with Crippen molar-refractivity contribution >= 4 is 44.9 Å². The first-order valence-electron chi connectivity index (χ1n) is 12.6. The monoisotopic (exact) mass is 507 g/mol. The zero-order chi connectivity index (χ0) is 25.4. The average Bonchev–Trinajstić information content (AvgIpc) is 3.54. The van der Waals surface area contributed by atoms with Crippen molar-refractivity contribution in [3.8, 4) is 6.07 Å². The molecule has 2 atom stereocenters. The summed E-state index contributed by atoms with van der Waals surface area (Å²) in [5.41, 5.74) is 1.93. The van der Waals surface area contributed by atoms with Gasteiger partial charge in [-0.15, -0.1) is 4.72 Å². The van der Waals surface area contributed by atoms with Crippen molar-refractivity contribution in [3.63, 3.8) is 0 Å². The molecule has 0 radical (unpaired) electrons. The lowest BCUT2D eigenvalue weighted by Gasteiger charge is -2.34. The van der Waals surface area contributed by atoms with E-state index in [1.54, 1.807) is 6.07 Å². The Bertz CT molecular complexity index is 1300. The first-order chi connectivity index (χ1) is 17.3. The zero-order valence-corrected chi connectivity index (χ0v) is 21.9. The van der Waals surface area contributed by atoms with Crippen LogP contribution in [0.3, 0.4) is 0 Å². The number of hydrogen-bond acceptors (Lipinski definition) is 7. The maximum Gasteiger partial charge on any atom is 0.242 e. The molecule has 9 heteroatoms. The van der Waals surface area contributed by atoms with Crippen molar-refractivity contribution in [2.75, 3.05) is 38.1 Å². The number of nitriles is 1. The lowest BCUT2D eigenvalue weighted by atomic mass is 10.0. The van der Waals surface area contributed by atoms with Gasteiger partial charge in [0.15, 0.2) is 4.90 Å². The summed E-state index contributed by atoms with van der Waals surface area (Å²) >= 11 is -1.61. The van der Waals surface area contributed by atoms with Gasteiger partial charge >= 0.3 is 0 Å². The van der Waals surface area contributed by atoms with Gasteiger partial charge in [0.2, 0.25) is 5.91 Å². The number of anilines is 1. The Hall–Kier alpha value is -2.77. The molecule has 0 spiro atoms. The van der Waals surface area contributed by atoms with Crippen LogP contribution < -0.4 is 14.9 Å². The highest BCUT2D eigenvalue weighted by molar-refractivity contribution is 7.89. The van der Waals surface area contributed by atoms with Gasteiger partial charge in [0.25, 0.3) is 0 Å².